The zero-order valence-corrected chi connectivity index (χ0v) is 12.1. The summed E-state index contributed by atoms with van der Waals surface area (Å²) in [4.78, 5) is 8.25. The van der Waals surface area contributed by atoms with E-state index in [1.165, 1.54) is 0 Å². The number of hydrogen-bond acceptors (Lipinski definition) is 5. The Morgan fingerprint density at radius 2 is 2.37 bits per heavy atom. The Labute approximate surface area is 121 Å². The van der Waals surface area contributed by atoms with Crippen molar-refractivity contribution in [1.82, 2.24) is 19.7 Å². The van der Waals surface area contributed by atoms with Crippen LogP contribution in [0.3, 0.4) is 0 Å². The van der Waals surface area contributed by atoms with Crippen LogP contribution in [0.15, 0.2) is 38.5 Å². The van der Waals surface area contributed by atoms with E-state index in [0.29, 0.717) is 18.3 Å². The molecule has 0 aliphatic carbocycles. The van der Waals surface area contributed by atoms with Gasteiger partial charge >= 0.3 is 0 Å². The first-order valence-corrected chi connectivity index (χ1v) is 7.18. The Kier molecular flexibility index (Phi) is 3.56. The van der Waals surface area contributed by atoms with Crippen LogP contribution in [0.25, 0.3) is 12.2 Å². The van der Waals surface area contributed by atoms with Crippen molar-refractivity contribution in [1.29, 1.82) is 0 Å². The third-order valence-electron chi connectivity index (χ3n) is 2.42. The van der Waals surface area contributed by atoms with E-state index in [0.717, 1.165) is 9.35 Å². The first-order valence-electron chi connectivity index (χ1n) is 5.50. The molecule has 0 bridgehead atoms. The normalized spacial score (nSPS) is 11.4. The molecular formula is C12H9BrN4OS. The van der Waals surface area contributed by atoms with Gasteiger partial charge in [0.1, 0.15) is 0 Å². The van der Waals surface area contributed by atoms with Crippen molar-refractivity contribution in [2.75, 3.05) is 0 Å². The molecule has 0 N–H and O–H groups in total. The summed E-state index contributed by atoms with van der Waals surface area (Å²) >= 11 is 5.11. The zero-order valence-electron chi connectivity index (χ0n) is 9.73. The van der Waals surface area contributed by atoms with Crippen LogP contribution >= 0.6 is 27.3 Å². The van der Waals surface area contributed by atoms with Gasteiger partial charge in [-0.25, -0.2) is 4.98 Å². The fourth-order valence-corrected chi connectivity index (χ4v) is 2.72. The third kappa shape index (κ3) is 2.99. The summed E-state index contributed by atoms with van der Waals surface area (Å²) in [7, 11) is 0. The standard InChI is InChI=1S/C12H9BrN4OS/c13-12-9(3-6-19-12)1-2-11-15-10(16-18-11)7-17-5-4-14-8-17/h1-6,8H,7H2/b2-1+. The minimum atomic E-state index is 0.494. The number of rotatable bonds is 4. The van der Waals surface area contributed by atoms with Crippen molar-refractivity contribution >= 4 is 39.4 Å². The van der Waals surface area contributed by atoms with Gasteiger partial charge in [0.05, 0.1) is 16.7 Å². The average molecular weight is 337 g/mol. The lowest BCUT2D eigenvalue weighted by molar-refractivity contribution is 0.401. The smallest absolute Gasteiger partial charge is 0.250 e. The zero-order chi connectivity index (χ0) is 13.1. The van der Waals surface area contributed by atoms with Gasteiger partial charge in [-0.1, -0.05) is 5.16 Å². The summed E-state index contributed by atoms with van der Waals surface area (Å²) in [5.41, 5.74) is 1.10. The molecule has 7 heteroatoms. The van der Waals surface area contributed by atoms with Crippen molar-refractivity contribution < 1.29 is 4.52 Å². The molecule has 0 aromatic carbocycles. The predicted octanol–water partition coefficient (Wildman–Crippen LogP) is 3.31. The first-order chi connectivity index (χ1) is 9.31. The Hall–Kier alpha value is -1.73. The predicted molar refractivity (Wildman–Crippen MR) is 76.6 cm³/mol. The Morgan fingerprint density at radius 1 is 1.42 bits per heavy atom. The van der Waals surface area contributed by atoms with E-state index in [-0.39, 0.29) is 0 Å². The van der Waals surface area contributed by atoms with Crippen LogP contribution in [0.5, 0.6) is 0 Å². The van der Waals surface area contributed by atoms with Gasteiger partial charge in [0.25, 0.3) is 5.89 Å². The van der Waals surface area contributed by atoms with Crippen LogP contribution in [0.1, 0.15) is 17.3 Å². The number of nitrogens with zero attached hydrogens (tertiary/aromatic N) is 4. The molecule has 0 radical (unpaired) electrons. The van der Waals surface area contributed by atoms with Crippen molar-refractivity contribution in [2.45, 2.75) is 6.54 Å². The molecule has 96 valence electrons. The maximum Gasteiger partial charge on any atom is 0.250 e. The van der Waals surface area contributed by atoms with Gasteiger partial charge in [0.15, 0.2) is 5.82 Å². The molecule has 0 saturated heterocycles. The molecule has 19 heavy (non-hydrogen) atoms. The highest BCUT2D eigenvalue weighted by atomic mass is 79.9. The van der Waals surface area contributed by atoms with Gasteiger partial charge in [0.2, 0.25) is 0 Å². The summed E-state index contributed by atoms with van der Waals surface area (Å²) in [6, 6.07) is 2.02. The van der Waals surface area contributed by atoms with Gasteiger partial charge in [-0.3, -0.25) is 0 Å². The molecule has 0 atom stereocenters. The van der Waals surface area contributed by atoms with Crippen LogP contribution in [-0.4, -0.2) is 19.7 Å². The van der Waals surface area contributed by atoms with Crippen LogP contribution in [0.2, 0.25) is 0 Å². The Morgan fingerprint density at radius 3 is 3.11 bits per heavy atom. The molecule has 3 aromatic rings. The fourth-order valence-electron chi connectivity index (χ4n) is 1.53. The van der Waals surface area contributed by atoms with Crippen molar-refractivity contribution in [3.8, 4) is 0 Å². The maximum absolute atomic E-state index is 5.16. The number of aromatic nitrogens is 4. The van der Waals surface area contributed by atoms with E-state index >= 15 is 0 Å². The molecule has 3 heterocycles. The van der Waals surface area contributed by atoms with Crippen LogP contribution < -0.4 is 0 Å². The molecule has 0 amide bonds. The second kappa shape index (κ2) is 5.50. The summed E-state index contributed by atoms with van der Waals surface area (Å²) in [6.45, 7) is 0.555. The second-order valence-corrected chi connectivity index (χ2v) is 6.00. The first kappa shape index (κ1) is 12.3. The summed E-state index contributed by atoms with van der Waals surface area (Å²) in [5, 5.41) is 5.93. The second-order valence-electron chi connectivity index (χ2n) is 3.77. The van der Waals surface area contributed by atoms with E-state index in [1.807, 2.05) is 28.3 Å². The summed E-state index contributed by atoms with van der Waals surface area (Å²) in [6.07, 6.45) is 9.03. The molecule has 0 aliphatic heterocycles. The minimum Gasteiger partial charge on any atom is -0.335 e. The van der Waals surface area contributed by atoms with E-state index in [4.69, 9.17) is 4.52 Å². The quantitative estimate of drug-likeness (QED) is 0.733. The van der Waals surface area contributed by atoms with E-state index in [9.17, 15) is 0 Å². The topological polar surface area (TPSA) is 56.7 Å². The lowest BCUT2D eigenvalue weighted by Crippen LogP contribution is -1.98. The largest absolute Gasteiger partial charge is 0.335 e. The average Bonchev–Trinajstić information content (AvgIpc) is 3.10. The molecule has 0 fully saturated rings. The lowest BCUT2D eigenvalue weighted by Gasteiger charge is -1.93. The number of hydrogen-bond donors (Lipinski definition) is 0. The van der Waals surface area contributed by atoms with Gasteiger partial charge in [-0.15, -0.1) is 11.3 Å². The molecule has 5 nitrogen and oxygen atoms in total. The van der Waals surface area contributed by atoms with Crippen LogP contribution in [0.4, 0.5) is 0 Å². The summed E-state index contributed by atoms with van der Waals surface area (Å²) < 4.78 is 8.13. The number of imidazole rings is 1. The van der Waals surface area contributed by atoms with Crippen LogP contribution in [-0.2, 0) is 6.54 Å². The third-order valence-corrected chi connectivity index (χ3v) is 4.15. The van der Waals surface area contributed by atoms with Gasteiger partial charge < -0.3 is 9.09 Å². The van der Waals surface area contributed by atoms with Gasteiger partial charge in [-0.2, -0.15) is 4.98 Å². The van der Waals surface area contributed by atoms with E-state index in [2.05, 4.69) is 31.1 Å². The summed E-state index contributed by atoms with van der Waals surface area (Å²) in [5.74, 6) is 1.12. The van der Waals surface area contributed by atoms with Gasteiger partial charge in [0, 0.05) is 18.5 Å². The number of thiophene rings is 1. The fraction of sp³-hybridized carbons (Fsp3) is 0.0833. The van der Waals surface area contributed by atoms with Crippen molar-refractivity contribution in [2.24, 2.45) is 0 Å². The molecule has 0 aliphatic rings. The maximum atomic E-state index is 5.16. The minimum absolute atomic E-state index is 0.494. The molecule has 3 aromatic heterocycles. The van der Waals surface area contributed by atoms with E-state index < -0.39 is 0 Å². The molecular weight excluding hydrogens is 328 g/mol. The van der Waals surface area contributed by atoms with Gasteiger partial charge in [-0.05, 0) is 39.0 Å². The Balaban J connectivity index is 1.71. The highest BCUT2D eigenvalue weighted by molar-refractivity contribution is 9.11. The molecule has 3 rings (SSSR count). The molecule has 0 spiro atoms. The van der Waals surface area contributed by atoms with Crippen molar-refractivity contribution in [3.05, 3.63) is 51.2 Å². The number of halogens is 1. The highest BCUT2D eigenvalue weighted by Crippen LogP contribution is 2.25. The van der Waals surface area contributed by atoms with Crippen molar-refractivity contribution in [3.63, 3.8) is 0 Å². The molecule has 0 saturated carbocycles. The Bertz CT molecular complexity index is 686. The van der Waals surface area contributed by atoms with E-state index in [1.54, 1.807) is 29.9 Å². The lowest BCUT2D eigenvalue weighted by atomic mass is 10.3. The highest BCUT2D eigenvalue weighted by Gasteiger charge is 2.04. The monoisotopic (exact) mass is 336 g/mol. The SMILES string of the molecule is Brc1sccc1/C=C/c1nc(Cn2ccnc2)no1. The van der Waals surface area contributed by atoms with Crippen LogP contribution in [0, 0.1) is 0 Å². The molecule has 0 unspecified atom stereocenters.